The Morgan fingerprint density at radius 2 is 1.86 bits per heavy atom. The lowest BCUT2D eigenvalue weighted by atomic mass is 10.2. The summed E-state index contributed by atoms with van der Waals surface area (Å²) in [6, 6.07) is 12.1. The normalized spacial score (nSPS) is 10.1. The summed E-state index contributed by atoms with van der Waals surface area (Å²) in [7, 11) is 0. The molecule has 22 heavy (non-hydrogen) atoms. The van der Waals surface area contributed by atoms with Crippen LogP contribution in [0.3, 0.4) is 0 Å². The molecule has 2 aromatic rings. The van der Waals surface area contributed by atoms with E-state index in [1.807, 2.05) is 19.9 Å². The molecular formula is C17H20N2O3. The van der Waals surface area contributed by atoms with Gasteiger partial charge in [-0.3, -0.25) is 4.79 Å². The Bertz CT molecular complexity index is 656. The van der Waals surface area contributed by atoms with Crippen LogP contribution in [0.1, 0.15) is 24.2 Å². The average molecular weight is 300 g/mol. The lowest BCUT2D eigenvalue weighted by Gasteiger charge is -2.13. The molecule has 2 aromatic carbocycles. The molecule has 0 aliphatic carbocycles. The zero-order chi connectivity index (χ0) is 15.9. The van der Waals surface area contributed by atoms with Gasteiger partial charge in [-0.15, -0.1) is 0 Å². The summed E-state index contributed by atoms with van der Waals surface area (Å²) in [6.45, 7) is 4.85. The second-order valence-corrected chi connectivity index (χ2v) is 4.60. The summed E-state index contributed by atoms with van der Waals surface area (Å²) in [5.41, 5.74) is 7.31. The molecular weight excluding hydrogens is 280 g/mol. The third kappa shape index (κ3) is 3.91. The second kappa shape index (κ2) is 7.36. The van der Waals surface area contributed by atoms with Gasteiger partial charge in [0.1, 0.15) is 11.5 Å². The van der Waals surface area contributed by atoms with Crippen LogP contribution in [0.4, 0.5) is 11.4 Å². The van der Waals surface area contributed by atoms with E-state index in [9.17, 15) is 4.79 Å². The Hall–Kier alpha value is -2.69. The van der Waals surface area contributed by atoms with Crippen LogP contribution in [-0.2, 0) is 0 Å². The van der Waals surface area contributed by atoms with Crippen LogP contribution in [0.25, 0.3) is 0 Å². The molecule has 0 fully saturated rings. The minimum absolute atomic E-state index is 0.248. The summed E-state index contributed by atoms with van der Waals surface area (Å²) >= 11 is 0. The number of hydrogen-bond donors (Lipinski definition) is 2. The van der Waals surface area contributed by atoms with E-state index >= 15 is 0 Å². The van der Waals surface area contributed by atoms with Crippen LogP contribution < -0.4 is 20.5 Å². The quantitative estimate of drug-likeness (QED) is 0.803. The van der Waals surface area contributed by atoms with Gasteiger partial charge in [0.05, 0.1) is 18.9 Å². The summed E-state index contributed by atoms with van der Waals surface area (Å²) in [6.07, 6.45) is 0. The van der Waals surface area contributed by atoms with E-state index in [0.29, 0.717) is 41.7 Å². The first-order valence-corrected chi connectivity index (χ1v) is 7.20. The van der Waals surface area contributed by atoms with Gasteiger partial charge in [-0.2, -0.15) is 0 Å². The number of anilines is 2. The maximum absolute atomic E-state index is 12.3. The predicted octanol–water partition coefficient (Wildman–Crippen LogP) is 3.32. The molecule has 5 heteroatoms. The largest absolute Gasteiger partial charge is 0.494 e. The van der Waals surface area contributed by atoms with Crippen LogP contribution in [0.15, 0.2) is 42.5 Å². The van der Waals surface area contributed by atoms with Gasteiger partial charge in [-0.05, 0) is 44.2 Å². The monoisotopic (exact) mass is 300 g/mol. The Morgan fingerprint density at radius 3 is 2.55 bits per heavy atom. The minimum Gasteiger partial charge on any atom is -0.494 e. The number of ether oxygens (including phenoxy) is 2. The molecule has 5 nitrogen and oxygen atoms in total. The van der Waals surface area contributed by atoms with Crippen LogP contribution in [-0.4, -0.2) is 19.1 Å². The number of benzene rings is 2. The molecule has 116 valence electrons. The van der Waals surface area contributed by atoms with Crippen molar-refractivity contribution in [2.75, 3.05) is 24.3 Å². The molecule has 2 rings (SSSR count). The van der Waals surface area contributed by atoms with Gasteiger partial charge in [0, 0.05) is 17.3 Å². The molecule has 0 aliphatic heterocycles. The first-order chi connectivity index (χ1) is 10.6. The number of carbonyl (C=O) groups excluding carboxylic acids is 1. The number of rotatable bonds is 6. The van der Waals surface area contributed by atoms with Crippen molar-refractivity contribution in [1.82, 2.24) is 0 Å². The molecule has 0 heterocycles. The summed E-state index contributed by atoms with van der Waals surface area (Å²) in [4.78, 5) is 12.3. The minimum atomic E-state index is -0.248. The Balaban J connectivity index is 2.25. The van der Waals surface area contributed by atoms with E-state index in [0.717, 1.165) is 0 Å². The molecule has 0 saturated carbocycles. The van der Waals surface area contributed by atoms with Crippen molar-refractivity contribution in [3.8, 4) is 11.5 Å². The fourth-order valence-corrected chi connectivity index (χ4v) is 2.02. The van der Waals surface area contributed by atoms with E-state index in [1.165, 1.54) is 0 Å². The number of nitrogens with two attached hydrogens (primary N) is 1. The van der Waals surface area contributed by atoms with Crippen molar-refractivity contribution in [1.29, 1.82) is 0 Å². The van der Waals surface area contributed by atoms with Gasteiger partial charge in [0.15, 0.2) is 0 Å². The van der Waals surface area contributed by atoms with Crippen molar-refractivity contribution < 1.29 is 14.3 Å². The first kappa shape index (κ1) is 15.7. The highest BCUT2D eigenvalue weighted by molar-refractivity contribution is 6.05. The fraction of sp³-hybridized carbons (Fsp3) is 0.235. The smallest absolute Gasteiger partial charge is 0.255 e. The molecule has 3 N–H and O–H groups in total. The van der Waals surface area contributed by atoms with Crippen LogP contribution in [0.5, 0.6) is 11.5 Å². The third-order valence-electron chi connectivity index (χ3n) is 2.96. The zero-order valence-corrected chi connectivity index (χ0v) is 12.8. The van der Waals surface area contributed by atoms with Crippen molar-refractivity contribution in [2.45, 2.75) is 13.8 Å². The van der Waals surface area contributed by atoms with Gasteiger partial charge in [-0.25, -0.2) is 0 Å². The second-order valence-electron chi connectivity index (χ2n) is 4.60. The van der Waals surface area contributed by atoms with Gasteiger partial charge < -0.3 is 20.5 Å². The van der Waals surface area contributed by atoms with Gasteiger partial charge >= 0.3 is 0 Å². The average Bonchev–Trinajstić information content (AvgIpc) is 2.50. The highest BCUT2D eigenvalue weighted by Gasteiger charge is 2.11. The molecule has 0 aromatic heterocycles. The van der Waals surface area contributed by atoms with E-state index in [1.54, 1.807) is 36.4 Å². The van der Waals surface area contributed by atoms with Crippen molar-refractivity contribution in [3.63, 3.8) is 0 Å². The van der Waals surface area contributed by atoms with Crippen LogP contribution >= 0.6 is 0 Å². The zero-order valence-electron chi connectivity index (χ0n) is 12.8. The summed E-state index contributed by atoms with van der Waals surface area (Å²) in [5.74, 6) is 1.03. The van der Waals surface area contributed by atoms with Crippen LogP contribution in [0, 0.1) is 0 Å². The SMILES string of the molecule is CCOc1ccc(OCC)c(NC(=O)c2cccc(N)c2)c1. The lowest BCUT2D eigenvalue weighted by molar-refractivity contribution is 0.102. The van der Waals surface area contributed by atoms with E-state index in [2.05, 4.69) is 5.32 Å². The Labute approximate surface area is 130 Å². The number of amides is 1. The topological polar surface area (TPSA) is 73.6 Å². The Morgan fingerprint density at radius 1 is 1.09 bits per heavy atom. The van der Waals surface area contributed by atoms with E-state index in [-0.39, 0.29) is 5.91 Å². The number of nitrogen functional groups attached to an aromatic ring is 1. The number of nitrogens with one attached hydrogen (secondary N) is 1. The van der Waals surface area contributed by atoms with E-state index in [4.69, 9.17) is 15.2 Å². The van der Waals surface area contributed by atoms with Crippen molar-refractivity contribution >= 4 is 17.3 Å². The van der Waals surface area contributed by atoms with Crippen molar-refractivity contribution in [3.05, 3.63) is 48.0 Å². The molecule has 0 spiro atoms. The molecule has 0 saturated heterocycles. The predicted molar refractivity (Wildman–Crippen MR) is 87.6 cm³/mol. The molecule has 0 radical (unpaired) electrons. The standard InChI is InChI=1S/C17H20N2O3/c1-3-21-14-8-9-16(22-4-2)15(11-14)19-17(20)12-6-5-7-13(18)10-12/h5-11H,3-4,18H2,1-2H3,(H,19,20). The van der Waals surface area contributed by atoms with E-state index < -0.39 is 0 Å². The van der Waals surface area contributed by atoms with Gasteiger partial charge in [-0.1, -0.05) is 6.07 Å². The maximum atomic E-state index is 12.3. The van der Waals surface area contributed by atoms with Gasteiger partial charge in [0.25, 0.3) is 5.91 Å². The summed E-state index contributed by atoms with van der Waals surface area (Å²) < 4.78 is 11.0. The summed E-state index contributed by atoms with van der Waals surface area (Å²) in [5, 5.41) is 2.84. The molecule has 1 amide bonds. The maximum Gasteiger partial charge on any atom is 0.255 e. The highest BCUT2D eigenvalue weighted by atomic mass is 16.5. The molecule has 0 bridgehead atoms. The molecule has 0 atom stereocenters. The van der Waals surface area contributed by atoms with Crippen LogP contribution in [0.2, 0.25) is 0 Å². The Kier molecular flexibility index (Phi) is 5.25. The molecule has 0 unspecified atom stereocenters. The number of carbonyl (C=O) groups is 1. The first-order valence-electron chi connectivity index (χ1n) is 7.20. The van der Waals surface area contributed by atoms with Crippen molar-refractivity contribution in [2.24, 2.45) is 0 Å². The lowest BCUT2D eigenvalue weighted by Crippen LogP contribution is -2.13. The van der Waals surface area contributed by atoms with Gasteiger partial charge in [0.2, 0.25) is 0 Å². The third-order valence-corrected chi connectivity index (χ3v) is 2.96. The number of hydrogen-bond acceptors (Lipinski definition) is 4. The highest BCUT2D eigenvalue weighted by Crippen LogP contribution is 2.30. The molecule has 0 aliphatic rings. The fourth-order valence-electron chi connectivity index (χ4n) is 2.02.